The summed E-state index contributed by atoms with van der Waals surface area (Å²) in [4.78, 5) is 31.0. The molecule has 0 spiro atoms. The molecule has 3 amide bonds. The minimum Gasteiger partial charge on any atom is -0.371 e. The molecule has 1 aromatic carbocycles. The number of carbonyl (C=O) groups is 2. The largest absolute Gasteiger partial charge is 0.371 e. The van der Waals surface area contributed by atoms with Gasteiger partial charge in [0.05, 0.1) is 0 Å². The van der Waals surface area contributed by atoms with Crippen molar-refractivity contribution in [3.05, 3.63) is 30.3 Å². The summed E-state index contributed by atoms with van der Waals surface area (Å²) in [6.07, 6.45) is 2.61. The van der Waals surface area contributed by atoms with E-state index in [1.54, 1.807) is 0 Å². The second kappa shape index (κ2) is 8.82. The number of hydrogen-bond acceptors (Lipinski definition) is 4. The van der Waals surface area contributed by atoms with E-state index in [9.17, 15) is 9.59 Å². The second-order valence-corrected chi connectivity index (χ2v) is 7.94. The second-order valence-electron chi connectivity index (χ2n) is 7.94. The number of para-hydroxylation sites is 1. The van der Waals surface area contributed by atoms with E-state index >= 15 is 0 Å². The van der Waals surface area contributed by atoms with Gasteiger partial charge in [-0.05, 0) is 37.3 Å². The van der Waals surface area contributed by atoms with Gasteiger partial charge in [0, 0.05) is 58.1 Å². The van der Waals surface area contributed by atoms with Crippen LogP contribution in [0.25, 0.3) is 0 Å². The monoisotopic (exact) mass is 386 g/mol. The number of nitrogens with one attached hydrogen (secondary N) is 1. The third-order valence-corrected chi connectivity index (χ3v) is 6.03. The summed E-state index contributed by atoms with van der Waals surface area (Å²) in [5.41, 5.74) is 1.25. The zero-order valence-corrected chi connectivity index (χ0v) is 16.4. The van der Waals surface area contributed by atoms with E-state index in [1.807, 2.05) is 15.9 Å². The summed E-state index contributed by atoms with van der Waals surface area (Å²) in [6, 6.07) is 10.4. The zero-order valence-electron chi connectivity index (χ0n) is 16.4. The van der Waals surface area contributed by atoms with E-state index in [-0.39, 0.29) is 18.0 Å². The highest BCUT2D eigenvalue weighted by Gasteiger charge is 2.31. The molecule has 1 aromatic rings. The Hall–Kier alpha value is -2.28. The molecule has 1 N–H and O–H groups in total. The van der Waals surface area contributed by atoms with Crippen LogP contribution in [-0.2, 0) is 9.53 Å². The van der Waals surface area contributed by atoms with Crippen LogP contribution < -0.4 is 10.2 Å². The van der Waals surface area contributed by atoms with Gasteiger partial charge in [-0.2, -0.15) is 0 Å². The van der Waals surface area contributed by atoms with Gasteiger partial charge in [0.2, 0.25) is 0 Å². The Morgan fingerprint density at radius 2 is 1.75 bits per heavy atom. The number of hydrogen-bond donors (Lipinski definition) is 1. The molecule has 3 saturated heterocycles. The fourth-order valence-corrected chi connectivity index (χ4v) is 4.32. The third-order valence-electron chi connectivity index (χ3n) is 6.03. The van der Waals surface area contributed by atoms with Gasteiger partial charge in [0.1, 0.15) is 6.10 Å². The van der Waals surface area contributed by atoms with Crippen LogP contribution in [0.2, 0.25) is 0 Å². The van der Waals surface area contributed by atoms with Crippen molar-refractivity contribution in [2.75, 3.05) is 57.3 Å². The lowest BCUT2D eigenvalue weighted by Crippen LogP contribution is -2.55. The van der Waals surface area contributed by atoms with Crippen LogP contribution >= 0.6 is 0 Å². The fraction of sp³-hybridized carbons (Fsp3) is 0.619. The van der Waals surface area contributed by atoms with Crippen LogP contribution in [0.5, 0.6) is 0 Å². The molecule has 0 aliphatic carbocycles. The zero-order chi connectivity index (χ0) is 19.3. The van der Waals surface area contributed by atoms with Crippen molar-refractivity contribution in [3.8, 4) is 0 Å². The minimum absolute atomic E-state index is 0.0117. The summed E-state index contributed by atoms with van der Waals surface area (Å²) in [6.45, 7) is 5.77. The number of amides is 3. The molecule has 3 aliphatic rings. The lowest BCUT2D eigenvalue weighted by Gasteiger charge is -2.35. The van der Waals surface area contributed by atoms with Gasteiger partial charge >= 0.3 is 6.03 Å². The Labute approximate surface area is 166 Å². The molecule has 4 rings (SSSR count). The van der Waals surface area contributed by atoms with Gasteiger partial charge in [-0.1, -0.05) is 18.2 Å². The number of piperazine rings is 1. The first kappa shape index (κ1) is 19.1. The van der Waals surface area contributed by atoms with Gasteiger partial charge in [0.15, 0.2) is 0 Å². The highest BCUT2D eigenvalue weighted by molar-refractivity contribution is 5.81. The van der Waals surface area contributed by atoms with Gasteiger partial charge in [-0.25, -0.2) is 4.79 Å². The minimum atomic E-state index is -0.268. The molecule has 0 bridgehead atoms. The number of ether oxygens (including phenoxy) is 1. The van der Waals surface area contributed by atoms with Crippen LogP contribution in [0.15, 0.2) is 30.3 Å². The predicted octanol–water partition coefficient (Wildman–Crippen LogP) is 1.55. The normalized spacial score (nSPS) is 25.2. The van der Waals surface area contributed by atoms with Crippen molar-refractivity contribution < 1.29 is 14.3 Å². The number of benzene rings is 1. The van der Waals surface area contributed by atoms with Gasteiger partial charge < -0.3 is 24.8 Å². The van der Waals surface area contributed by atoms with E-state index in [2.05, 4.69) is 34.5 Å². The third kappa shape index (κ3) is 4.41. The molecule has 152 valence electrons. The molecule has 3 aliphatic heterocycles. The maximum atomic E-state index is 12.5. The van der Waals surface area contributed by atoms with Crippen LogP contribution in [0.1, 0.15) is 19.3 Å². The smallest absolute Gasteiger partial charge is 0.317 e. The highest BCUT2D eigenvalue weighted by Crippen LogP contribution is 2.23. The first-order chi connectivity index (χ1) is 13.7. The predicted molar refractivity (Wildman–Crippen MR) is 107 cm³/mol. The van der Waals surface area contributed by atoms with E-state index in [4.69, 9.17) is 4.74 Å². The van der Waals surface area contributed by atoms with Crippen LogP contribution in [0.3, 0.4) is 0 Å². The Morgan fingerprint density at radius 1 is 1.00 bits per heavy atom. The van der Waals surface area contributed by atoms with E-state index < -0.39 is 0 Å². The summed E-state index contributed by atoms with van der Waals surface area (Å²) in [7, 11) is 0. The molecule has 7 nitrogen and oxygen atoms in total. The molecular formula is C21H30N4O3. The average molecular weight is 386 g/mol. The maximum Gasteiger partial charge on any atom is 0.317 e. The molecule has 0 radical (unpaired) electrons. The summed E-state index contributed by atoms with van der Waals surface area (Å²) < 4.78 is 5.49. The first-order valence-corrected chi connectivity index (χ1v) is 10.4. The van der Waals surface area contributed by atoms with Gasteiger partial charge in [0.25, 0.3) is 5.91 Å². The molecule has 0 aromatic heterocycles. The van der Waals surface area contributed by atoms with Crippen molar-refractivity contribution in [1.29, 1.82) is 0 Å². The Balaban J connectivity index is 1.18. The van der Waals surface area contributed by atoms with Crippen LogP contribution in [0, 0.1) is 5.92 Å². The van der Waals surface area contributed by atoms with Crippen molar-refractivity contribution in [3.63, 3.8) is 0 Å². The van der Waals surface area contributed by atoms with Gasteiger partial charge in [-0.3, -0.25) is 4.79 Å². The Kier molecular flexibility index (Phi) is 6.00. The molecule has 3 heterocycles. The number of anilines is 1. The van der Waals surface area contributed by atoms with Crippen LogP contribution in [0.4, 0.5) is 10.5 Å². The highest BCUT2D eigenvalue weighted by atomic mass is 16.5. The molecule has 0 saturated carbocycles. The molecule has 2 unspecified atom stereocenters. The first-order valence-electron chi connectivity index (χ1n) is 10.4. The summed E-state index contributed by atoms with van der Waals surface area (Å²) in [5, 5.41) is 3.10. The summed E-state index contributed by atoms with van der Waals surface area (Å²) >= 11 is 0. The molecular weight excluding hydrogens is 356 g/mol. The van der Waals surface area contributed by atoms with E-state index in [0.29, 0.717) is 45.2 Å². The molecule has 3 fully saturated rings. The lowest BCUT2D eigenvalue weighted by atomic mass is 10.1. The number of urea groups is 1. The molecule has 28 heavy (non-hydrogen) atoms. The van der Waals surface area contributed by atoms with Crippen molar-refractivity contribution in [2.45, 2.75) is 25.4 Å². The average Bonchev–Trinajstić information content (AvgIpc) is 3.44. The van der Waals surface area contributed by atoms with Gasteiger partial charge in [-0.15, -0.1) is 0 Å². The van der Waals surface area contributed by atoms with Crippen molar-refractivity contribution >= 4 is 17.6 Å². The lowest BCUT2D eigenvalue weighted by molar-refractivity contribution is -0.142. The van der Waals surface area contributed by atoms with Crippen molar-refractivity contribution in [2.24, 2.45) is 5.92 Å². The SMILES string of the molecule is O=C(NCC1CCN(c2ccccc2)C1)N1CCN(C(=O)C2CCCO2)CC1. The Bertz CT molecular complexity index is 669. The number of rotatable bonds is 4. The quantitative estimate of drug-likeness (QED) is 0.853. The maximum absolute atomic E-state index is 12.5. The summed E-state index contributed by atoms with van der Waals surface area (Å²) in [5.74, 6) is 0.566. The standard InChI is InChI=1S/C21H30N4O3/c26-20(19-7-4-14-28-19)23-10-12-24(13-11-23)21(27)22-15-17-8-9-25(16-17)18-5-2-1-3-6-18/h1-3,5-6,17,19H,4,7-16H2,(H,22,27). The van der Waals surface area contributed by atoms with Crippen molar-refractivity contribution in [1.82, 2.24) is 15.1 Å². The molecule has 7 heteroatoms. The fourth-order valence-electron chi connectivity index (χ4n) is 4.32. The number of nitrogens with zero attached hydrogens (tertiary/aromatic N) is 3. The molecule has 2 atom stereocenters. The Morgan fingerprint density at radius 3 is 2.46 bits per heavy atom. The number of carbonyl (C=O) groups excluding carboxylic acids is 2. The van der Waals surface area contributed by atoms with Crippen LogP contribution in [-0.4, -0.2) is 80.3 Å². The topological polar surface area (TPSA) is 65.1 Å². The van der Waals surface area contributed by atoms with E-state index in [1.165, 1.54) is 5.69 Å². The van der Waals surface area contributed by atoms with E-state index in [0.717, 1.165) is 32.4 Å².